The van der Waals surface area contributed by atoms with Crippen LogP contribution in [0.4, 0.5) is 0 Å². The zero-order valence-electron chi connectivity index (χ0n) is 7.90. The molecule has 0 heterocycles. The summed E-state index contributed by atoms with van der Waals surface area (Å²) in [6, 6.07) is 0. The summed E-state index contributed by atoms with van der Waals surface area (Å²) in [7, 11) is 0. The lowest BCUT2D eigenvalue weighted by Crippen LogP contribution is -2.25. The van der Waals surface area contributed by atoms with Crippen LogP contribution in [-0.4, -0.2) is 33.6 Å². The van der Waals surface area contributed by atoms with Crippen molar-refractivity contribution in [3.8, 4) is 0 Å². The Labute approximate surface area is 74.0 Å². The van der Waals surface area contributed by atoms with Crippen LogP contribution in [0.5, 0.6) is 0 Å². The van der Waals surface area contributed by atoms with E-state index in [0.717, 1.165) is 6.42 Å². The largest absolute Gasteiger partial charge is 0.393 e. The van der Waals surface area contributed by atoms with Crippen LogP contribution < -0.4 is 0 Å². The summed E-state index contributed by atoms with van der Waals surface area (Å²) in [6.45, 7) is 3.56. The Morgan fingerprint density at radius 2 is 1.58 bits per heavy atom. The van der Waals surface area contributed by atoms with Crippen molar-refractivity contribution in [1.82, 2.24) is 0 Å². The van der Waals surface area contributed by atoms with E-state index in [1.54, 1.807) is 6.92 Å². The van der Waals surface area contributed by atoms with Gasteiger partial charge in [-0.05, 0) is 32.6 Å². The Hall–Kier alpha value is -0.120. The second-order valence-corrected chi connectivity index (χ2v) is 3.32. The summed E-state index contributed by atoms with van der Waals surface area (Å²) in [4.78, 5) is 0. The second kappa shape index (κ2) is 6.40. The van der Waals surface area contributed by atoms with E-state index in [2.05, 4.69) is 0 Å². The SMILES string of the molecule is CCC(O)C(O)CCCC(C)O. The zero-order chi connectivity index (χ0) is 9.56. The van der Waals surface area contributed by atoms with Crippen LogP contribution >= 0.6 is 0 Å². The van der Waals surface area contributed by atoms with Crippen molar-refractivity contribution in [2.45, 2.75) is 57.8 Å². The maximum Gasteiger partial charge on any atom is 0.0799 e. The highest BCUT2D eigenvalue weighted by molar-refractivity contribution is 4.65. The van der Waals surface area contributed by atoms with Gasteiger partial charge in [-0.3, -0.25) is 0 Å². The van der Waals surface area contributed by atoms with Crippen molar-refractivity contribution in [2.75, 3.05) is 0 Å². The first kappa shape index (κ1) is 11.9. The molecular weight excluding hydrogens is 156 g/mol. The average Bonchev–Trinajstić information content (AvgIpc) is 2.02. The van der Waals surface area contributed by atoms with Crippen molar-refractivity contribution < 1.29 is 15.3 Å². The maximum atomic E-state index is 9.30. The third-order valence-corrected chi connectivity index (χ3v) is 1.98. The minimum Gasteiger partial charge on any atom is -0.393 e. The van der Waals surface area contributed by atoms with E-state index in [9.17, 15) is 10.2 Å². The predicted molar refractivity (Wildman–Crippen MR) is 47.8 cm³/mol. The topological polar surface area (TPSA) is 60.7 Å². The second-order valence-electron chi connectivity index (χ2n) is 3.32. The molecular formula is C9H20O3. The molecule has 3 atom stereocenters. The molecule has 0 aliphatic carbocycles. The van der Waals surface area contributed by atoms with Crippen molar-refractivity contribution in [2.24, 2.45) is 0 Å². The third-order valence-electron chi connectivity index (χ3n) is 1.98. The van der Waals surface area contributed by atoms with Gasteiger partial charge in [-0.2, -0.15) is 0 Å². The van der Waals surface area contributed by atoms with E-state index in [1.807, 2.05) is 6.92 Å². The maximum absolute atomic E-state index is 9.30. The average molecular weight is 176 g/mol. The lowest BCUT2D eigenvalue weighted by Gasteiger charge is -2.15. The van der Waals surface area contributed by atoms with Crippen LogP contribution in [0, 0.1) is 0 Å². The van der Waals surface area contributed by atoms with Gasteiger partial charge in [-0.1, -0.05) is 6.92 Å². The fraction of sp³-hybridized carbons (Fsp3) is 1.00. The summed E-state index contributed by atoms with van der Waals surface area (Å²) in [6.07, 6.45) is 1.04. The Balaban J connectivity index is 3.37. The molecule has 0 rings (SSSR count). The standard InChI is InChI=1S/C9H20O3/c1-3-8(11)9(12)6-4-5-7(2)10/h7-12H,3-6H2,1-2H3. The van der Waals surface area contributed by atoms with Gasteiger partial charge in [0, 0.05) is 0 Å². The van der Waals surface area contributed by atoms with Crippen LogP contribution in [-0.2, 0) is 0 Å². The van der Waals surface area contributed by atoms with E-state index in [4.69, 9.17) is 5.11 Å². The van der Waals surface area contributed by atoms with Gasteiger partial charge in [0.25, 0.3) is 0 Å². The molecule has 0 aromatic carbocycles. The summed E-state index contributed by atoms with van der Waals surface area (Å²) >= 11 is 0. The summed E-state index contributed by atoms with van der Waals surface area (Å²) < 4.78 is 0. The number of aliphatic hydroxyl groups excluding tert-OH is 3. The highest BCUT2D eigenvalue weighted by Crippen LogP contribution is 2.08. The number of rotatable bonds is 6. The van der Waals surface area contributed by atoms with Gasteiger partial charge in [-0.25, -0.2) is 0 Å². The van der Waals surface area contributed by atoms with E-state index in [-0.39, 0.29) is 6.10 Å². The van der Waals surface area contributed by atoms with Gasteiger partial charge < -0.3 is 15.3 Å². The third kappa shape index (κ3) is 5.52. The number of hydrogen-bond acceptors (Lipinski definition) is 3. The highest BCUT2D eigenvalue weighted by Gasteiger charge is 2.13. The highest BCUT2D eigenvalue weighted by atomic mass is 16.3. The first-order chi connectivity index (χ1) is 5.57. The van der Waals surface area contributed by atoms with Gasteiger partial charge in [0.05, 0.1) is 18.3 Å². The lowest BCUT2D eigenvalue weighted by atomic mass is 10.0. The molecule has 0 saturated heterocycles. The monoisotopic (exact) mass is 176 g/mol. The quantitative estimate of drug-likeness (QED) is 0.557. The molecule has 12 heavy (non-hydrogen) atoms. The number of hydrogen-bond donors (Lipinski definition) is 3. The van der Waals surface area contributed by atoms with E-state index < -0.39 is 12.2 Å². The van der Waals surface area contributed by atoms with Crippen molar-refractivity contribution in [3.63, 3.8) is 0 Å². The molecule has 3 N–H and O–H groups in total. The lowest BCUT2D eigenvalue weighted by molar-refractivity contribution is 0.00974. The van der Waals surface area contributed by atoms with Crippen molar-refractivity contribution in [3.05, 3.63) is 0 Å². The van der Waals surface area contributed by atoms with Crippen LogP contribution in [0.2, 0.25) is 0 Å². The molecule has 0 spiro atoms. The van der Waals surface area contributed by atoms with E-state index in [1.165, 1.54) is 0 Å². The Morgan fingerprint density at radius 1 is 1.00 bits per heavy atom. The molecule has 0 aliphatic heterocycles. The molecule has 0 aliphatic rings. The molecule has 0 bridgehead atoms. The molecule has 0 aromatic heterocycles. The van der Waals surface area contributed by atoms with Gasteiger partial charge >= 0.3 is 0 Å². The van der Waals surface area contributed by atoms with Gasteiger partial charge in [0.2, 0.25) is 0 Å². The van der Waals surface area contributed by atoms with Gasteiger partial charge in [0.15, 0.2) is 0 Å². The molecule has 0 radical (unpaired) electrons. The minimum atomic E-state index is -0.631. The molecule has 74 valence electrons. The number of aliphatic hydroxyl groups is 3. The first-order valence-electron chi connectivity index (χ1n) is 4.62. The van der Waals surface area contributed by atoms with Crippen molar-refractivity contribution in [1.29, 1.82) is 0 Å². The fourth-order valence-electron chi connectivity index (χ4n) is 1.09. The van der Waals surface area contributed by atoms with Gasteiger partial charge in [0.1, 0.15) is 0 Å². The summed E-state index contributed by atoms with van der Waals surface area (Å²) in [5, 5.41) is 27.4. The normalized spacial score (nSPS) is 18.8. The predicted octanol–water partition coefficient (Wildman–Crippen LogP) is 0.669. The Kier molecular flexibility index (Phi) is 6.34. The molecule has 3 nitrogen and oxygen atoms in total. The summed E-state index contributed by atoms with van der Waals surface area (Å²) in [5.41, 5.74) is 0. The molecule has 0 aromatic rings. The van der Waals surface area contributed by atoms with E-state index >= 15 is 0 Å². The first-order valence-corrected chi connectivity index (χ1v) is 4.62. The molecule has 3 heteroatoms. The minimum absolute atomic E-state index is 0.309. The summed E-state index contributed by atoms with van der Waals surface area (Å²) in [5.74, 6) is 0. The van der Waals surface area contributed by atoms with Crippen LogP contribution in [0.3, 0.4) is 0 Å². The molecule has 0 fully saturated rings. The fourth-order valence-corrected chi connectivity index (χ4v) is 1.09. The zero-order valence-corrected chi connectivity index (χ0v) is 7.90. The van der Waals surface area contributed by atoms with Crippen LogP contribution in [0.15, 0.2) is 0 Å². The molecule has 0 amide bonds. The Morgan fingerprint density at radius 3 is 2.00 bits per heavy atom. The van der Waals surface area contributed by atoms with Crippen LogP contribution in [0.1, 0.15) is 39.5 Å². The molecule has 0 saturated carbocycles. The van der Waals surface area contributed by atoms with Crippen molar-refractivity contribution >= 4 is 0 Å². The van der Waals surface area contributed by atoms with Crippen LogP contribution in [0.25, 0.3) is 0 Å². The van der Waals surface area contributed by atoms with E-state index in [0.29, 0.717) is 19.3 Å². The Bertz CT molecular complexity index is 104. The smallest absolute Gasteiger partial charge is 0.0799 e. The van der Waals surface area contributed by atoms with Gasteiger partial charge in [-0.15, -0.1) is 0 Å². The molecule has 3 unspecified atom stereocenters.